The van der Waals surface area contributed by atoms with Crippen LogP contribution in [0.4, 0.5) is 5.82 Å². The minimum Gasteiger partial charge on any atom is -0.345 e. The summed E-state index contributed by atoms with van der Waals surface area (Å²) in [6.45, 7) is 1.66. The van der Waals surface area contributed by atoms with E-state index in [4.69, 9.17) is 16.6 Å². The number of anilines is 1. The number of hydrogen-bond acceptors (Lipinski definition) is 8. The second-order valence-corrected chi connectivity index (χ2v) is 12.0. The first-order valence-electron chi connectivity index (χ1n) is 12.5. The maximum Gasteiger partial charge on any atom is 0.314 e. The predicted molar refractivity (Wildman–Crippen MR) is 147 cm³/mol. The topological polar surface area (TPSA) is 155 Å². The van der Waals surface area contributed by atoms with Gasteiger partial charge in [-0.15, -0.1) is 10.5 Å². The van der Waals surface area contributed by atoms with Crippen molar-refractivity contribution in [3.63, 3.8) is 0 Å². The average molecular weight is 560 g/mol. The monoisotopic (exact) mass is 559 g/mol. The minimum absolute atomic E-state index is 0.0413. The fraction of sp³-hybridized carbons (Fsp3) is 0.500. The third kappa shape index (κ3) is 5.64. The number of rotatable bonds is 5. The van der Waals surface area contributed by atoms with Gasteiger partial charge in [0.05, 0.1) is 17.1 Å². The number of aromatic nitrogens is 4. The van der Waals surface area contributed by atoms with Crippen LogP contribution in [0.1, 0.15) is 37.4 Å². The molecule has 2 aliphatic heterocycles. The van der Waals surface area contributed by atoms with Gasteiger partial charge in [-0.3, -0.25) is 24.1 Å². The summed E-state index contributed by atoms with van der Waals surface area (Å²) < 4.78 is 1.73. The molecule has 4 heterocycles. The van der Waals surface area contributed by atoms with Gasteiger partial charge in [0.15, 0.2) is 5.04 Å². The molecule has 2 aromatic rings. The molecular formula is C24H30ClN9O3S. The van der Waals surface area contributed by atoms with Crippen molar-refractivity contribution < 1.29 is 14.4 Å². The Bertz CT molecular complexity index is 1310. The van der Waals surface area contributed by atoms with Crippen molar-refractivity contribution in [2.24, 2.45) is 12.0 Å². The number of carbonyl (C=O) groups is 3. The summed E-state index contributed by atoms with van der Waals surface area (Å²) in [5, 5.41) is 16.9. The number of piperidine rings is 1. The van der Waals surface area contributed by atoms with E-state index in [2.05, 4.69) is 36.3 Å². The van der Waals surface area contributed by atoms with Crippen LogP contribution in [-0.2, 0) is 21.4 Å². The zero-order valence-electron chi connectivity index (χ0n) is 21.1. The molecule has 1 saturated heterocycles. The van der Waals surface area contributed by atoms with Crippen molar-refractivity contribution in [1.29, 1.82) is 0 Å². The van der Waals surface area contributed by atoms with E-state index >= 15 is 0 Å². The Balaban J connectivity index is 1.30. The van der Waals surface area contributed by atoms with Crippen molar-refractivity contribution in [3.05, 3.63) is 35.5 Å². The Hall–Kier alpha value is -3.16. The largest absolute Gasteiger partial charge is 0.345 e. The number of halogens is 1. The van der Waals surface area contributed by atoms with E-state index in [0.717, 1.165) is 31.8 Å². The molecule has 12 nitrogen and oxygen atoms in total. The number of aliphatic imine (C=N–C) groups is 1. The Morgan fingerprint density at radius 1 is 1.11 bits per heavy atom. The molecule has 2 aromatic heterocycles. The Morgan fingerprint density at radius 2 is 1.95 bits per heavy atom. The van der Waals surface area contributed by atoms with Crippen LogP contribution < -0.4 is 21.3 Å². The number of amides is 3. The Morgan fingerprint density at radius 3 is 2.66 bits per heavy atom. The summed E-state index contributed by atoms with van der Waals surface area (Å²) in [6.07, 6.45) is 7.62. The molecule has 0 spiro atoms. The number of hydrogen-bond donors (Lipinski definition) is 4. The van der Waals surface area contributed by atoms with Crippen molar-refractivity contribution >= 4 is 55.5 Å². The van der Waals surface area contributed by atoms with E-state index < -0.39 is 23.9 Å². The molecule has 0 aromatic carbocycles. The van der Waals surface area contributed by atoms with E-state index in [1.54, 1.807) is 10.7 Å². The summed E-state index contributed by atoms with van der Waals surface area (Å²) in [5.74, 6) is -0.794. The van der Waals surface area contributed by atoms with E-state index in [1.165, 1.54) is 23.5 Å². The molecule has 1 saturated carbocycles. The van der Waals surface area contributed by atoms with Gasteiger partial charge in [0.1, 0.15) is 18.0 Å². The van der Waals surface area contributed by atoms with Gasteiger partial charge in [0.2, 0.25) is 0 Å². The Labute approximate surface area is 227 Å². The highest BCUT2D eigenvalue weighted by molar-refractivity contribution is 8.30. The van der Waals surface area contributed by atoms with E-state index in [1.807, 2.05) is 13.3 Å². The van der Waals surface area contributed by atoms with Crippen LogP contribution in [0.2, 0.25) is 5.02 Å². The van der Waals surface area contributed by atoms with Crippen molar-refractivity contribution in [3.8, 4) is 0 Å². The van der Waals surface area contributed by atoms with E-state index in [0.29, 0.717) is 22.9 Å². The maximum atomic E-state index is 13.4. The van der Waals surface area contributed by atoms with Gasteiger partial charge >= 0.3 is 11.8 Å². The molecule has 5 atom stereocenters. The molecule has 0 radical (unpaired) electrons. The first kappa shape index (κ1) is 26.4. The third-order valence-corrected chi connectivity index (χ3v) is 9.48. The van der Waals surface area contributed by atoms with Gasteiger partial charge in [-0.1, -0.05) is 11.6 Å². The quantitative estimate of drug-likeness (QED) is 0.308. The molecule has 38 heavy (non-hydrogen) atoms. The fourth-order valence-corrected chi connectivity index (χ4v) is 7.10. The lowest BCUT2D eigenvalue weighted by Gasteiger charge is -2.36. The standard InChI is InChI=1S/C24H30ClN9O3S/c1-34-20(28-12-29-34)13-3-5-15(30-21(35)22(36)33-19-6-4-14(25)10-27-19)17(9-13)31-23(37)24-32-16-7-8-26-11-18(16)38(24)2/h4,6,10,12-13,15-17,26H,3,5,7-9,11H2,1-2H3,(H,30,35)(H,31,37)(H,27,33,36)/t13-,15-,16?,17+,38?/m0/s1. The highest BCUT2D eigenvalue weighted by atomic mass is 35.5. The number of nitrogens with one attached hydrogen (secondary N) is 4. The lowest BCUT2D eigenvalue weighted by atomic mass is 9.81. The molecule has 14 heteroatoms. The summed E-state index contributed by atoms with van der Waals surface area (Å²) in [5.41, 5.74) is 0. The molecule has 3 amide bonds. The van der Waals surface area contributed by atoms with Crippen LogP contribution in [0.25, 0.3) is 0 Å². The van der Waals surface area contributed by atoms with Crippen molar-refractivity contribution in [2.45, 2.75) is 49.7 Å². The highest BCUT2D eigenvalue weighted by Gasteiger charge is 2.38. The first-order chi connectivity index (χ1) is 18.3. The van der Waals surface area contributed by atoms with Gasteiger partial charge < -0.3 is 21.3 Å². The minimum atomic E-state index is -0.844. The van der Waals surface area contributed by atoms with Crippen molar-refractivity contribution in [2.75, 3.05) is 24.7 Å². The van der Waals surface area contributed by atoms with E-state index in [-0.39, 0.29) is 34.2 Å². The molecule has 2 unspecified atom stereocenters. The van der Waals surface area contributed by atoms with Crippen LogP contribution in [0, 0.1) is 0 Å². The SMILES string of the molecule is Cn1ncnc1[C@H]1CC[C@H](NC(=O)C(=O)Nc2ccc(Cl)cn2)[C@H](NC(=O)C2=NC3CCNCC3=S2C)C1. The maximum absolute atomic E-state index is 13.4. The second-order valence-electron chi connectivity index (χ2n) is 9.62. The van der Waals surface area contributed by atoms with Gasteiger partial charge in [-0.2, -0.15) is 5.10 Å². The van der Waals surface area contributed by atoms with Crippen molar-refractivity contribution in [1.82, 2.24) is 35.7 Å². The van der Waals surface area contributed by atoms with Crippen LogP contribution >= 0.6 is 22.1 Å². The molecular weight excluding hydrogens is 530 g/mol. The summed E-state index contributed by atoms with van der Waals surface area (Å²) in [6, 6.07) is 2.30. The normalized spacial score (nSPS) is 26.8. The number of pyridine rings is 1. The first-order valence-corrected chi connectivity index (χ1v) is 14.5. The zero-order chi connectivity index (χ0) is 26.8. The predicted octanol–water partition coefficient (Wildman–Crippen LogP) is 0.584. The molecule has 2 fully saturated rings. The summed E-state index contributed by atoms with van der Waals surface area (Å²) >= 11 is 5.84. The highest BCUT2D eigenvalue weighted by Crippen LogP contribution is 2.33. The van der Waals surface area contributed by atoms with Gasteiger partial charge in [-0.05, 0) is 55.5 Å². The molecule has 3 aliphatic rings. The average Bonchev–Trinajstić information content (AvgIpc) is 3.49. The summed E-state index contributed by atoms with van der Waals surface area (Å²) in [4.78, 5) is 53.2. The Kier molecular flexibility index (Phi) is 7.86. The molecule has 5 rings (SSSR count). The third-order valence-electron chi connectivity index (χ3n) is 7.19. The number of fused-ring (bicyclic) bond motifs is 1. The summed E-state index contributed by atoms with van der Waals surface area (Å²) in [7, 11) is 1.48. The van der Waals surface area contributed by atoms with Gasteiger partial charge in [0, 0.05) is 31.7 Å². The zero-order valence-corrected chi connectivity index (χ0v) is 22.7. The van der Waals surface area contributed by atoms with Crippen LogP contribution in [0.3, 0.4) is 0 Å². The molecule has 0 bridgehead atoms. The fourth-order valence-electron chi connectivity index (χ4n) is 5.22. The van der Waals surface area contributed by atoms with Crippen LogP contribution in [-0.4, -0.2) is 84.8 Å². The smallest absolute Gasteiger partial charge is 0.314 e. The molecule has 4 N–H and O–H groups in total. The number of aryl methyl sites for hydroxylation is 1. The number of nitrogens with zero attached hydrogens (tertiary/aromatic N) is 5. The molecule has 1 aliphatic carbocycles. The van der Waals surface area contributed by atoms with Crippen LogP contribution in [0.5, 0.6) is 0 Å². The lowest BCUT2D eigenvalue weighted by Crippen LogP contribution is -2.56. The van der Waals surface area contributed by atoms with Gasteiger partial charge in [0.25, 0.3) is 5.91 Å². The van der Waals surface area contributed by atoms with Crippen LogP contribution in [0.15, 0.2) is 29.6 Å². The second kappa shape index (κ2) is 11.3. The van der Waals surface area contributed by atoms with Gasteiger partial charge in [-0.25, -0.2) is 9.97 Å². The lowest BCUT2D eigenvalue weighted by molar-refractivity contribution is -0.137. The van der Waals surface area contributed by atoms with E-state index in [9.17, 15) is 14.4 Å². The molecule has 202 valence electrons. The number of carbonyl (C=O) groups excluding carboxylic acids is 3.